The van der Waals surface area contributed by atoms with Gasteiger partial charge < -0.3 is 4.98 Å². The van der Waals surface area contributed by atoms with Gasteiger partial charge in [-0.05, 0) is 6.92 Å². The van der Waals surface area contributed by atoms with E-state index >= 15 is 0 Å². The fourth-order valence-corrected chi connectivity index (χ4v) is 2.29. The Morgan fingerprint density at radius 1 is 1.31 bits per heavy atom. The Morgan fingerprint density at radius 3 is 2.88 bits per heavy atom. The number of thiazole rings is 1. The van der Waals surface area contributed by atoms with Crippen molar-refractivity contribution in [1.82, 2.24) is 24.9 Å². The molecule has 0 amide bonds. The van der Waals surface area contributed by atoms with Crippen LogP contribution in [0.25, 0.3) is 21.9 Å². The smallest absolute Gasteiger partial charge is 0.162 e. The molecule has 16 heavy (non-hydrogen) atoms. The SMILES string of the molecule is Cc1ncc(-c2nc3c(Cl)ncnc3[nH]2)s1. The molecule has 3 aromatic rings. The van der Waals surface area contributed by atoms with Crippen LogP contribution in [0.15, 0.2) is 12.5 Å². The maximum absolute atomic E-state index is 5.92. The second-order valence-corrected chi connectivity index (χ2v) is 4.78. The number of halogens is 1. The fourth-order valence-electron chi connectivity index (χ4n) is 1.39. The quantitative estimate of drug-likeness (QED) is 0.675. The van der Waals surface area contributed by atoms with Crippen molar-refractivity contribution >= 4 is 34.1 Å². The van der Waals surface area contributed by atoms with E-state index in [1.54, 1.807) is 17.5 Å². The van der Waals surface area contributed by atoms with Crippen LogP contribution in [-0.4, -0.2) is 24.9 Å². The van der Waals surface area contributed by atoms with Crippen LogP contribution >= 0.6 is 22.9 Å². The van der Waals surface area contributed by atoms with Crippen LogP contribution in [0.2, 0.25) is 5.15 Å². The molecule has 3 heterocycles. The molecule has 3 rings (SSSR count). The second kappa shape index (κ2) is 3.50. The number of aromatic amines is 1. The first-order valence-electron chi connectivity index (χ1n) is 4.53. The first-order valence-corrected chi connectivity index (χ1v) is 5.72. The van der Waals surface area contributed by atoms with Gasteiger partial charge in [-0.1, -0.05) is 11.6 Å². The Bertz CT molecular complexity index is 659. The highest BCUT2D eigenvalue weighted by atomic mass is 35.5. The molecule has 0 aliphatic heterocycles. The molecule has 0 radical (unpaired) electrons. The number of nitrogens with one attached hydrogen (secondary N) is 1. The van der Waals surface area contributed by atoms with E-state index in [0.29, 0.717) is 16.3 Å². The molecule has 0 saturated heterocycles. The molecule has 0 bridgehead atoms. The molecule has 0 saturated carbocycles. The zero-order valence-corrected chi connectivity index (χ0v) is 9.80. The van der Waals surface area contributed by atoms with Crippen molar-refractivity contribution < 1.29 is 0 Å². The molecule has 80 valence electrons. The number of imidazole rings is 1. The van der Waals surface area contributed by atoms with E-state index in [1.165, 1.54) is 6.33 Å². The van der Waals surface area contributed by atoms with E-state index in [0.717, 1.165) is 15.7 Å². The number of aryl methyl sites for hydroxylation is 1. The molecule has 7 heteroatoms. The Morgan fingerprint density at radius 2 is 2.19 bits per heavy atom. The Balaban J connectivity index is 2.22. The number of rotatable bonds is 1. The summed E-state index contributed by atoms with van der Waals surface area (Å²) in [6, 6.07) is 0. The van der Waals surface area contributed by atoms with Crippen LogP contribution in [0.1, 0.15) is 5.01 Å². The predicted molar refractivity (Wildman–Crippen MR) is 62.5 cm³/mol. The summed E-state index contributed by atoms with van der Waals surface area (Å²) in [6.07, 6.45) is 3.18. The van der Waals surface area contributed by atoms with Crippen molar-refractivity contribution in [2.24, 2.45) is 0 Å². The van der Waals surface area contributed by atoms with Crippen molar-refractivity contribution in [3.05, 3.63) is 22.7 Å². The molecule has 0 fully saturated rings. The van der Waals surface area contributed by atoms with E-state index in [-0.39, 0.29) is 0 Å². The Hall–Kier alpha value is -1.53. The van der Waals surface area contributed by atoms with E-state index in [4.69, 9.17) is 11.6 Å². The number of hydrogen-bond acceptors (Lipinski definition) is 5. The van der Waals surface area contributed by atoms with Gasteiger partial charge in [0.15, 0.2) is 16.6 Å². The topological polar surface area (TPSA) is 67.3 Å². The third kappa shape index (κ3) is 1.46. The molecule has 3 aromatic heterocycles. The van der Waals surface area contributed by atoms with E-state index in [9.17, 15) is 0 Å². The molecule has 1 N–H and O–H groups in total. The molecule has 0 aliphatic carbocycles. The van der Waals surface area contributed by atoms with Crippen molar-refractivity contribution in [3.63, 3.8) is 0 Å². The summed E-state index contributed by atoms with van der Waals surface area (Å²) in [6.45, 7) is 1.95. The maximum Gasteiger partial charge on any atom is 0.162 e. The highest BCUT2D eigenvalue weighted by Crippen LogP contribution is 2.26. The monoisotopic (exact) mass is 251 g/mol. The number of fused-ring (bicyclic) bond motifs is 1. The van der Waals surface area contributed by atoms with Crippen LogP contribution in [0.5, 0.6) is 0 Å². The highest BCUT2D eigenvalue weighted by Gasteiger charge is 2.11. The molecule has 0 aromatic carbocycles. The summed E-state index contributed by atoms with van der Waals surface area (Å²) in [5.41, 5.74) is 1.23. The van der Waals surface area contributed by atoms with Gasteiger partial charge in [0, 0.05) is 6.20 Å². The molecule has 0 spiro atoms. The molecule has 0 unspecified atom stereocenters. The van der Waals surface area contributed by atoms with Crippen molar-refractivity contribution in [2.75, 3.05) is 0 Å². The van der Waals surface area contributed by atoms with Gasteiger partial charge in [0.25, 0.3) is 0 Å². The highest BCUT2D eigenvalue weighted by molar-refractivity contribution is 7.14. The van der Waals surface area contributed by atoms with Crippen LogP contribution in [0.3, 0.4) is 0 Å². The fraction of sp³-hybridized carbons (Fsp3) is 0.111. The first-order chi connectivity index (χ1) is 7.74. The molecule has 5 nitrogen and oxygen atoms in total. The van der Waals surface area contributed by atoms with Gasteiger partial charge in [-0.2, -0.15) is 0 Å². The third-order valence-corrected chi connectivity index (χ3v) is 3.29. The number of aromatic nitrogens is 5. The van der Waals surface area contributed by atoms with Gasteiger partial charge in [0.2, 0.25) is 0 Å². The van der Waals surface area contributed by atoms with Crippen LogP contribution in [0, 0.1) is 6.92 Å². The van der Waals surface area contributed by atoms with Crippen LogP contribution in [-0.2, 0) is 0 Å². The van der Waals surface area contributed by atoms with Gasteiger partial charge in [-0.3, -0.25) is 0 Å². The second-order valence-electron chi connectivity index (χ2n) is 3.19. The summed E-state index contributed by atoms with van der Waals surface area (Å²) in [7, 11) is 0. The third-order valence-electron chi connectivity index (χ3n) is 2.09. The lowest BCUT2D eigenvalue weighted by Crippen LogP contribution is -1.80. The van der Waals surface area contributed by atoms with Gasteiger partial charge in [-0.15, -0.1) is 11.3 Å². The predicted octanol–water partition coefficient (Wildman–Crippen LogP) is 2.44. The lowest BCUT2D eigenvalue weighted by atomic mass is 10.5. The molecular formula is C9H6ClN5S. The minimum absolute atomic E-state index is 0.355. The number of hydrogen-bond donors (Lipinski definition) is 1. The van der Waals surface area contributed by atoms with Crippen LogP contribution < -0.4 is 0 Å². The first kappa shape index (κ1) is 9.68. The summed E-state index contributed by atoms with van der Waals surface area (Å²) in [5.74, 6) is 0.725. The van der Waals surface area contributed by atoms with Crippen molar-refractivity contribution in [1.29, 1.82) is 0 Å². The average molecular weight is 252 g/mol. The summed E-state index contributed by atoms with van der Waals surface area (Å²) < 4.78 is 0. The van der Waals surface area contributed by atoms with E-state index in [1.807, 2.05) is 6.92 Å². The number of nitrogens with zero attached hydrogens (tertiary/aromatic N) is 4. The largest absolute Gasteiger partial charge is 0.322 e. The molecule has 0 atom stereocenters. The van der Waals surface area contributed by atoms with Gasteiger partial charge in [-0.25, -0.2) is 19.9 Å². The van der Waals surface area contributed by atoms with Gasteiger partial charge >= 0.3 is 0 Å². The lowest BCUT2D eigenvalue weighted by molar-refractivity contribution is 1.20. The van der Waals surface area contributed by atoms with Crippen LogP contribution in [0.4, 0.5) is 0 Å². The summed E-state index contributed by atoms with van der Waals surface area (Å²) in [4.78, 5) is 20.5. The maximum atomic E-state index is 5.92. The molecule has 0 aliphatic rings. The zero-order chi connectivity index (χ0) is 11.1. The van der Waals surface area contributed by atoms with Crippen molar-refractivity contribution in [2.45, 2.75) is 6.92 Å². The minimum Gasteiger partial charge on any atom is -0.322 e. The molecular weight excluding hydrogens is 246 g/mol. The Labute approximate surface area is 99.6 Å². The number of H-pyrrole nitrogens is 1. The summed E-state index contributed by atoms with van der Waals surface area (Å²) >= 11 is 7.48. The Kier molecular flexibility index (Phi) is 2.12. The lowest BCUT2D eigenvalue weighted by Gasteiger charge is -1.86. The van der Waals surface area contributed by atoms with Gasteiger partial charge in [0.1, 0.15) is 11.8 Å². The average Bonchev–Trinajstić information content (AvgIpc) is 2.84. The normalized spacial score (nSPS) is 11.1. The summed E-state index contributed by atoms with van der Waals surface area (Å²) in [5, 5.41) is 1.35. The minimum atomic E-state index is 0.355. The van der Waals surface area contributed by atoms with Crippen molar-refractivity contribution in [3.8, 4) is 10.7 Å². The zero-order valence-electron chi connectivity index (χ0n) is 8.23. The van der Waals surface area contributed by atoms with E-state index < -0.39 is 0 Å². The standard InChI is InChI=1S/C9H6ClN5S/c1-4-11-2-5(16-4)8-14-6-7(10)12-3-13-9(6)15-8/h2-3H,1H3,(H,12,13,14,15). The van der Waals surface area contributed by atoms with E-state index in [2.05, 4.69) is 24.9 Å². The van der Waals surface area contributed by atoms with Gasteiger partial charge in [0.05, 0.1) is 9.88 Å².